The zero-order valence-electron chi connectivity index (χ0n) is 13.4. The molecular weight excluding hydrogens is 309 g/mol. The van der Waals surface area contributed by atoms with Gasteiger partial charge in [0.2, 0.25) is 0 Å². The van der Waals surface area contributed by atoms with Gasteiger partial charge in [0.25, 0.3) is 0 Å². The first-order valence-electron chi connectivity index (χ1n) is 8.51. The maximum atomic E-state index is 14.4. The van der Waals surface area contributed by atoms with E-state index < -0.39 is 6.04 Å². The average molecular weight is 331 g/mol. The average Bonchev–Trinajstić information content (AvgIpc) is 3.31. The lowest BCUT2D eigenvalue weighted by molar-refractivity contribution is -0.126. The van der Waals surface area contributed by atoms with Gasteiger partial charge in [0.05, 0.1) is 6.04 Å². The number of fused-ring (bicyclic) bond motifs is 1. The number of thioether (sulfide) groups is 1. The molecule has 3 aliphatic rings. The van der Waals surface area contributed by atoms with Crippen LogP contribution in [0, 0.1) is 17.7 Å². The van der Waals surface area contributed by atoms with E-state index >= 15 is 0 Å². The summed E-state index contributed by atoms with van der Waals surface area (Å²) in [7, 11) is 0. The van der Waals surface area contributed by atoms with Gasteiger partial charge in [-0.2, -0.15) is 0 Å². The van der Waals surface area contributed by atoms with E-state index in [4.69, 9.17) is 0 Å². The third-order valence-electron chi connectivity index (χ3n) is 5.22. The fraction of sp³-hybridized carbons (Fsp3) is 0.526. The Labute approximate surface area is 141 Å². The molecule has 4 rings (SSSR count). The van der Waals surface area contributed by atoms with Gasteiger partial charge in [0, 0.05) is 35.7 Å². The Morgan fingerprint density at radius 2 is 2.09 bits per heavy atom. The molecule has 0 radical (unpaired) electrons. The normalized spacial score (nSPS) is 29.0. The molecule has 1 saturated carbocycles. The van der Waals surface area contributed by atoms with Gasteiger partial charge in [-0.15, -0.1) is 11.8 Å². The first kappa shape index (κ1) is 15.4. The molecule has 2 fully saturated rings. The van der Waals surface area contributed by atoms with Crippen molar-refractivity contribution in [2.24, 2.45) is 11.8 Å². The third kappa shape index (κ3) is 2.99. The van der Waals surface area contributed by atoms with Crippen molar-refractivity contribution >= 4 is 17.5 Å². The summed E-state index contributed by atoms with van der Waals surface area (Å²) < 4.78 is 14.4. The lowest BCUT2D eigenvalue weighted by atomic mass is 9.91. The number of hydrogen-bond donors (Lipinski definition) is 0. The van der Waals surface area contributed by atoms with Gasteiger partial charge < -0.3 is 0 Å². The minimum atomic E-state index is -0.399. The van der Waals surface area contributed by atoms with Crippen LogP contribution in [0.2, 0.25) is 0 Å². The fourth-order valence-corrected chi connectivity index (χ4v) is 5.22. The number of carbonyl (C=O) groups is 1. The third-order valence-corrected chi connectivity index (χ3v) is 6.62. The lowest BCUT2D eigenvalue weighted by Gasteiger charge is -2.39. The molecule has 3 unspecified atom stereocenters. The number of Topliss-reactive ketones (excluding diaryl/α,β-unsaturated/α-hetero) is 1. The zero-order chi connectivity index (χ0) is 16.0. The lowest BCUT2D eigenvalue weighted by Crippen LogP contribution is -2.45. The van der Waals surface area contributed by atoms with Crippen LogP contribution in [0.25, 0.3) is 0 Å². The number of piperidine rings is 1. The Hall–Kier alpha value is -1.13. The summed E-state index contributed by atoms with van der Waals surface area (Å²) in [6.07, 6.45) is 5.35. The fourth-order valence-electron chi connectivity index (χ4n) is 3.93. The molecule has 0 N–H and O–H groups in total. The highest BCUT2D eigenvalue weighted by atomic mass is 32.2. The number of hydrogen-bond acceptors (Lipinski definition) is 3. The van der Waals surface area contributed by atoms with Crippen molar-refractivity contribution in [1.82, 2.24) is 4.90 Å². The van der Waals surface area contributed by atoms with E-state index in [1.807, 2.05) is 17.8 Å². The molecule has 2 nitrogen and oxygen atoms in total. The molecule has 122 valence electrons. The van der Waals surface area contributed by atoms with E-state index in [0.717, 1.165) is 32.4 Å². The van der Waals surface area contributed by atoms with E-state index in [-0.39, 0.29) is 17.5 Å². The number of ketones is 1. The molecule has 2 aliphatic heterocycles. The summed E-state index contributed by atoms with van der Waals surface area (Å²) in [5.74, 6) is 0.614. The standard InChI is InChI=1S/C19H22FNOS/c1-12-10-14-11-21(9-8-17(14)23-12)18(19(22)13-6-7-13)15-4-2-3-5-16(15)20/h2-5,10,13-14,17-18H,6-9,11H2,1H3. The highest BCUT2D eigenvalue weighted by Gasteiger charge is 2.42. The van der Waals surface area contributed by atoms with Crippen LogP contribution in [0.4, 0.5) is 4.39 Å². The van der Waals surface area contributed by atoms with Gasteiger partial charge in [-0.05, 0) is 37.2 Å². The van der Waals surface area contributed by atoms with Crippen LogP contribution in [-0.4, -0.2) is 29.0 Å². The van der Waals surface area contributed by atoms with Crippen molar-refractivity contribution in [3.05, 3.63) is 46.6 Å². The second-order valence-electron chi connectivity index (χ2n) is 6.98. The topological polar surface area (TPSA) is 20.3 Å². The van der Waals surface area contributed by atoms with Crippen molar-refractivity contribution < 1.29 is 9.18 Å². The van der Waals surface area contributed by atoms with Gasteiger partial charge >= 0.3 is 0 Å². The summed E-state index contributed by atoms with van der Waals surface area (Å²) in [5.41, 5.74) is 0.564. The molecule has 0 bridgehead atoms. The molecule has 0 amide bonds. The minimum absolute atomic E-state index is 0.146. The van der Waals surface area contributed by atoms with Gasteiger partial charge in [-0.25, -0.2) is 4.39 Å². The largest absolute Gasteiger partial charge is 0.297 e. The minimum Gasteiger partial charge on any atom is -0.297 e. The molecule has 1 aliphatic carbocycles. The quantitative estimate of drug-likeness (QED) is 0.825. The van der Waals surface area contributed by atoms with Crippen molar-refractivity contribution in [2.45, 2.75) is 37.5 Å². The summed E-state index contributed by atoms with van der Waals surface area (Å²) in [5, 5.41) is 0.642. The highest BCUT2D eigenvalue weighted by molar-refractivity contribution is 8.03. The van der Waals surface area contributed by atoms with Crippen LogP contribution < -0.4 is 0 Å². The summed E-state index contributed by atoms with van der Waals surface area (Å²) in [6, 6.07) is 6.41. The molecule has 1 aromatic rings. The van der Waals surface area contributed by atoms with E-state index in [1.165, 1.54) is 11.0 Å². The van der Waals surface area contributed by atoms with Crippen LogP contribution >= 0.6 is 11.8 Å². The van der Waals surface area contributed by atoms with Crippen LogP contribution in [0.5, 0.6) is 0 Å². The number of allylic oxidation sites excluding steroid dienone is 1. The summed E-state index contributed by atoms with van der Waals surface area (Å²) in [4.78, 5) is 16.5. The SMILES string of the molecule is CC1=CC2CN(C(C(=O)C3CC3)c3ccccc3F)CCC2S1. The van der Waals surface area contributed by atoms with Crippen LogP contribution in [-0.2, 0) is 4.79 Å². The van der Waals surface area contributed by atoms with Crippen molar-refractivity contribution in [1.29, 1.82) is 0 Å². The Kier molecular flexibility index (Phi) is 4.06. The molecule has 0 spiro atoms. The number of carbonyl (C=O) groups excluding carboxylic acids is 1. The second kappa shape index (κ2) is 6.06. The summed E-state index contributed by atoms with van der Waals surface area (Å²) in [6.45, 7) is 3.91. The van der Waals surface area contributed by atoms with Crippen molar-refractivity contribution in [2.75, 3.05) is 13.1 Å². The molecular formula is C19H22FNOS. The number of halogens is 1. The molecule has 1 saturated heterocycles. The molecule has 3 atom stereocenters. The number of rotatable bonds is 4. The first-order valence-corrected chi connectivity index (χ1v) is 9.38. The van der Waals surface area contributed by atoms with E-state index in [1.54, 1.807) is 12.1 Å². The molecule has 0 aromatic heterocycles. The van der Waals surface area contributed by atoms with Crippen LogP contribution in [0.3, 0.4) is 0 Å². The Morgan fingerprint density at radius 3 is 2.83 bits per heavy atom. The Balaban J connectivity index is 1.63. The monoisotopic (exact) mass is 331 g/mol. The maximum absolute atomic E-state index is 14.4. The predicted molar refractivity (Wildman–Crippen MR) is 91.7 cm³/mol. The second-order valence-corrected chi connectivity index (χ2v) is 8.47. The van der Waals surface area contributed by atoms with Gasteiger partial charge in [-0.3, -0.25) is 9.69 Å². The van der Waals surface area contributed by atoms with Crippen LogP contribution in [0.1, 0.15) is 37.8 Å². The van der Waals surface area contributed by atoms with Crippen molar-refractivity contribution in [3.63, 3.8) is 0 Å². The first-order chi connectivity index (χ1) is 11.1. The van der Waals surface area contributed by atoms with Crippen LogP contribution in [0.15, 0.2) is 35.2 Å². The van der Waals surface area contributed by atoms with E-state index in [0.29, 0.717) is 16.7 Å². The molecule has 1 aromatic carbocycles. The van der Waals surface area contributed by atoms with Crippen molar-refractivity contribution in [3.8, 4) is 0 Å². The number of benzene rings is 1. The van der Waals surface area contributed by atoms with E-state index in [2.05, 4.69) is 17.9 Å². The highest BCUT2D eigenvalue weighted by Crippen LogP contribution is 2.44. The maximum Gasteiger partial charge on any atom is 0.157 e. The molecule has 4 heteroatoms. The smallest absolute Gasteiger partial charge is 0.157 e. The molecule has 2 heterocycles. The summed E-state index contributed by atoms with van der Waals surface area (Å²) >= 11 is 1.96. The molecule has 23 heavy (non-hydrogen) atoms. The Bertz CT molecular complexity index is 655. The van der Waals surface area contributed by atoms with Gasteiger partial charge in [0.15, 0.2) is 5.78 Å². The van der Waals surface area contributed by atoms with Gasteiger partial charge in [0.1, 0.15) is 5.82 Å². The number of nitrogens with zero attached hydrogens (tertiary/aromatic N) is 1. The number of likely N-dealkylation sites (tertiary alicyclic amines) is 1. The van der Waals surface area contributed by atoms with Gasteiger partial charge in [-0.1, -0.05) is 24.3 Å². The van der Waals surface area contributed by atoms with E-state index in [9.17, 15) is 9.18 Å². The zero-order valence-corrected chi connectivity index (χ0v) is 14.2. The predicted octanol–water partition coefficient (Wildman–Crippen LogP) is 4.19. The Morgan fingerprint density at radius 1 is 1.30 bits per heavy atom.